The summed E-state index contributed by atoms with van der Waals surface area (Å²) in [6.07, 6.45) is 1.78. The van der Waals surface area contributed by atoms with Gasteiger partial charge in [-0.2, -0.15) is 5.26 Å². The minimum absolute atomic E-state index is 0.207. The fourth-order valence-corrected chi connectivity index (χ4v) is 2.42. The minimum Gasteiger partial charge on any atom is -0.399 e. The lowest BCUT2D eigenvalue weighted by Gasteiger charge is -2.04. The number of carbonyl (C=O) groups is 1. The SMILES string of the molecule is Cn1cc(C(=O)Nc2ccc(C#N)cc2)c2cc(N)ccc21. The van der Waals surface area contributed by atoms with E-state index in [0.717, 1.165) is 10.9 Å². The molecular weight excluding hydrogens is 276 g/mol. The van der Waals surface area contributed by atoms with Crippen molar-refractivity contribution in [2.24, 2.45) is 7.05 Å². The predicted molar refractivity (Wildman–Crippen MR) is 86.4 cm³/mol. The van der Waals surface area contributed by atoms with Gasteiger partial charge in [-0.25, -0.2) is 0 Å². The molecule has 3 N–H and O–H groups in total. The fraction of sp³-hybridized carbons (Fsp3) is 0.0588. The lowest BCUT2D eigenvalue weighted by atomic mass is 10.1. The second-order valence-electron chi connectivity index (χ2n) is 5.07. The van der Waals surface area contributed by atoms with E-state index < -0.39 is 0 Å². The van der Waals surface area contributed by atoms with Crippen molar-refractivity contribution in [2.45, 2.75) is 0 Å². The van der Waals surface area contributed by atoms with Gasteiger partial charge < -0.3 is 15.6 Å². The number of nitrogen functional groups attached to an aromatic ring is 1. The zero-order valence-corrected chi connectivity index (χ0v) is 12.0. The number of rotatable bonds is 2. The van der Waals surface area contributed by atoms with Crippen molar-refractivity contribution in [2.75, 3.05) is 11.1 Å². The molecule has 0 unspecified atom stereocenters. The molecule has 5 nitrogen and oxygen atoms in total. The summed E-state index contributed by atoms with van der Waals surface area (Å²) >= 11 is 0. The largest absolute Gasteiger partial charge is 0.399 e. The Labute approximate surface area is 127 Å². The summed E-state index contributed by atoms with van der Waals surface area (Å²) < 4.78 is 1.89. The molecule has 3 aromatic rings. The number of anilines is 2. The quantitative estimate of drug-likeness (QED) is 0.712. The van der Waals surface area contributed by atoms with Gasteiger partial charge in [0.2, 0.25) is 0 Å². The minimum atomic E-state index is -0.207. The number of nitriles is 1. The number of carbonyl (C=O) groups excluding carboxylic acids is 1. The first-order valence-electron chi connectivity index (χ1n) is 6.74. The van der Waals surface area contributed by atoms with Crippen LogP contribution < -0.4 is 11.1 Å². The van der Waals surface area contributed by atoms with Crippen LogP contribution in [0.3, 0.4) is 0 Å². The Balaban J connectivity index is 1.95. The average Bonchev–Trinajstić information content (AvgIpc) is 2.84. The van der Waals surface area contributed by atoms with Gasteiger partial charge in [0.1, 0.15) is 0 Å². The van der Waals surface area contributed by atoms with E-state index in [-0.39, 0.29) is 5.91 Å². The first-order chi connectivity index (χ1) is 10.6. The summed E-state index contributed by atoms with van der Waals surface area (Å²) in [6.45, 7) is 0. The Hall–Kier alpha value is -3.26. The number of nitrogens with one attached hydrogen (secondary N) is 1. The van der Waals surface area contributed by atoms with Gasteiger partial charge in [-0.3, -0.25) is 4.79 Å². The van der Waals surface area contributed by atoms with Gasteiger partial charge in [0, 0.05) is 35.5 Å². The molecule has 108 valence electrons. The molecule has 0 aliphatic rings. The highest BCUT2D eigenvalue weighted by atomic mass is 16.1. The van der Waals surface area contributed by atoms with Crippen molar-refractivity contribution in [3.8, 4) is 6.07 Å². The van der Waals surface area contributed by atoms with Crippen LogP contribution in [0.25, 0.3) is 10.9 Å². The summed E-state index contributed by atoms with van der Waals surface area (Å²) in [5.74, 6) is -0.207. The number of hydrogen-bond acceptors (Lipinski definition) is 3. The van der Waals surface area contributed by atoms with E-state index in [9.17, 15) is 4.79 Å². The van der Waals surface area contributed by atoms with E-state index in [1.165, 1.54) is 0 Å². The van der Waals surface area contributed by atoms with Crippen LogP contribution in [-0.4, -0.2) is 10.5 Å². The van der Waals surface area contributed by atoms with Crippen LogP contribution in [0.5, 0.6) is 0 Å². The van der Waals surface area contributed by atoms with Gasteiger partial charge in [0.25, 0.3) is 5.91 Å². The molecule has 0 atom stereocenters. The number of amides is 1. The Kier molecular flexibility index (Phi) is 3.28. The zero-order chi connectivity index (χ0) is 15.7. The molecule has 0 spiro atoms. The van der Waals surface area contributed by atoms with Crippen LogP contribution >= 0.6 is 0 Å². The van der Waals surface area contributed by atoms with Gasteiger partial charge in [-0.1, -0.05) is 0 Å². The number of nitrogens with zero attached hydrogens (tertiary/aromatic N) is 2. The highest BCUT2D eigenvalue weighted by Crippen LogP contribution is 2.24. The number of aryl methyl sites for hydroxylation is 1. The third kappa shape index (κ3) is 2.38. The molecule has 0 aliphatic heterocycles. The molecular formula is C17H14N4O. The maximum Gasteiger partial charge on any atom is 0.257 e. The number of aromatic nitrogens is 1. The normalized spacial score (nSPS) is 10.4. The third-order valence-electron chi connectivity index (χ3n) is 3.53. The Morgan fingerprint density at radius 3 is 2.64 bits per heavy atom. The van der Waals surface area contributed by atoms with Crippen molar-refractivity contribution in [3.05, 3.63) is 59.8 Å². The number of hydrogen-bond donors (Lipinski definition) is 2. The van der Waals surface area contributed by atoms with E-state index in [0.29, 0.717) is 22.5 Å². The van der Waals surface area contributed by atoms with Gasteiger partial charge in [-0.15, -0.1) is 0 Å². The van der Waals surface area contributed by atoms with Crippen LogP contribution in [0.4, 0.5) is 11.4 Å². The molecule has 3 rings (SSSR count). The highest BCUT2D eigenvalue weighted by molar-refractivity contribution is 6.13. The van der Waals surface area contributed by atoms with Crippen molar-refractivity contribution >= 4 is 28.2 Å². The number of benzene rings is 2. The molecule has 1 aromatic heterocycles. The molecule has 0 fully saturated rings. The lowest BCUT2D eigenvalue weighted by Crippen LogP contribution is -2.11. The molecule has 1 amide bonds. The average molecular weight is 290 g/mol. The van der Waals surface area contributed by atoms with E-state index in [4.69, 9.17) is 11.0 Å². The third-order valence-corrected chi connectivity index (χ3v) is 3.53. The van der Waals surface area contributed by atoms with Crippen molar-refractivity contribution in [3.63, 3.8) is 0 Å². The molecule has 22 heavy (non-hydrogen) atoms. The summed E-state index contributed by atoms with van der Waals surface area (Å²) in [5.41, 5.74) is 9.13. The van der Waals surface area contributed by atoms with E-state index in [1.54, 1.807) is 36.5 Å². The Bertz CT molecular complexity index is 901. The van der Waals surface area contributed by atoms with Gasteiger partial charge in [0.15, 0.2) is 0 Å². The number of fused-ring (bicyclic) bond motifs is 1. The van der Waals surface area contributed by atoms with Crippen molar-refractivity contribution in [1.29, 1.82) is 5.26 Å². The summed E-state index contributed by atoms with van der Waals surface area (Å²) in [7, 11) is 1.89. The second-order valence-corrected chi connectivity index (χ2v) is 5.07. The second kappa shape index (κ2) is 5.26. The van der Waals surface area contributed by atoms with Crippen LogP contribution in [0.1, 0.15) is 15.9 Å². The highest BCUT2D eigenvalue weighted by Gasteiger charge is 2.14. The number of nitrogens with two attached hydrogens (primary N) is 1. The maximum atomic E-state index is 12.5. The Morgan fingerprint density at radius 1 is 1.23 bits per heavy atom. The van der Waals surface area contributed by atoms with Gasteiger partial charge >= 0.3 is 0 Å². The van der Waals surface area contributed by atoms with E-state index in [1.807, 2.05) is 29.8 Å². The molecule has 0 saturated heterocycles. The van der Waals surface area contributed by atoms with Crippen LogP contribution in [0, 0.1) is 11.3 Å². The molecule has 0 aliphatic carbocycles. The van der Waals surface area contributed by atoms with Crippen LogP contribution in [-0.2, 0) is 7.05 Å². The van der Waals surface area contributed by atoms with Gasteiger partial charge in [0.05, 0.1) is 17.2 Å². The molecule has 0 bridgehead atoms. The monoisotopic (exact) mass is 290 g/mol. The van der Waals surface area contributed by atoms with Crippen molar-refractivity contribution < 1.29 is 4.79 Å². The van der Waals surface area contributed by atoms with Crippen LogP contribution in [0.2, 0.25) is 0 Å². The molecule has 0 radical (unpaired) electrons. The van der Waals surface area contributed by atoms with Crippen LogP contribution in [0.15, 0.2) is 48.7 Å². The zero-order valence-electron chi connectivity index (χ0n) is 12.0. The standard InChI is InChI=1S/C17H14N4O/c1-21-10-15(14-8-12(19)4-7-16(14)21)17(22)20-13-5-2-11(9-18)3-6-13/h2-8,10H,19H2,1H3,(H,20,22). The molecule has 5 heteroatoms. The fourth-order valence-electron chi connectivity index (χ4n) is 2.42. The van der Waals surface area contributed by atoms with Gasteiger partial charge in [-0.05, 0) is 42.5 Å². The molecule has 2 aromatic carbocycles. The first-order valence-corrected chi connectivity index (χ1v) is 6.74. The molecule has 1 heterocycles. The molecule has 0 saturated carbocycles. The predicted octanol–water partition coefficient (Wildman–Crippen LogP) is 2.88. The van der Waals surface area contributed by atoms with Crippen molar-refractivity contribution in [1.82, 2.24) is 4.57 Å². The topological polar surface area (TPSA) is 83.8 Å². The summed E-state index contributed by atoms with van der Waals surface area (Å²) in [5, 5.41) is 12.4. The Morgan fingerprint density at radius 2 is 1.95 bits per heavy atom. The first kappa shape index (κ1) is 13.7. The summed E-state index contributed by atoms with van der Waals surface area (Å²) in [4.78, 5) is 12.5. The maximum absolute atomic E-state index is 12.5. The lowest BCUT2D eigenvalue weighted by molar-refractivity contribution is 0.102. The van der Waals surface area contributed by atoms with E-state index >= 15 is 0 Å². The smallest absolute Gasteiger partial charge is 0.257 e. The van der Waals surface area contributed by atoms with E-state index in [2.05, 4.69) is 5.32 Å². The summed E-state index contributed by atoms with van der Waals surface area (Å²) in [6, 6.07) is 14.3.